The number of benzene rings is 2. The highest BCUT2D eigenvalue weighted by atomic mass is 19.1. The highest BCUT2D eigenvalue weighted by Crippen LogP contribution is 2.40. The summed E-state index contributed by atoms with van der Waals surface area (Å²) in [7, 11) is 0. The summed E-state index contributed by atoms with van der Waals surface area (Å²) in [6.07, 6.45) is 1.62. The third-order valence-corrected chi connectivity index (χ3v) is 3.86. The Hall–Kier alpha value is -1.74. The zero-order valence-electron chi connectivity index (χ0n) is 10.4. The Labute approximate surface area is 111 Å². The highest BCUT2D eigenvalue weighted by Gasteiger charge is 2.28. The number of hydrogen-bond donors (Lipinski definition) is 1. The molecule has 0 saturated carbocycles. The van der Waals surface area contributed by atoms with Crippen LogP contribution < -0.4 is 5.73 Å². The maximum atomic E-state index is 13.6. The van der Waals surface area contributed by atoms with E-state index >= 15 is 0 Å². The maximum Gasteiger partial charge on any atom is 0.128 e. The Morgan fingerprint density at radius 2 is 1.95 bits per heavy atom. The molecule has 0 aromatic heterocycles. The van der Waals surface area contributed by atoms with Gasteiger partial charge in [0, 0.05) is 11.6 Å². The molecule has 0 fully saturated rings. The molecule has 1 aliphatic rings. The Bertz CT molecular complexity index is 609. The van der Waals surface area contributed by atoms with Crippen LogP contribution >= 0.6 is 0 Å². The molecule has 0 saturated heterocycles. The molecule has 2 N–H and O–H groups in total. The van der Waals surface area contributed by atoms with E-state index in [2.05, 4.69) is 12.1 Å². The van der Waals surface area contributed by atoms with Gasteiger partial charge < -0.3 is 5.73 Å². The molecule has 2 aromatic carbocycles. The van der Waals surface area contributed by atoms with E-state index in [1.807, 2.05) is 12.1 Å². The predicted molar refractivity (Wildman–Crippen MR) is 70.8 cm³/mol. The summed E-state index contributed by atoms with van der Waals surface area (Å²) >= 11 is 0. The average Bonchev–Trinajstić information content (AvgIpc) is 2.38. The van der Waals surface area contributed by atoms with Gasteiger partial charge in [-0.15, -0.1) is 0 Å². The molecule has 0 aliphatic heterocycles. The minimum atomic E-state index is -0.464. The molecule has 19 heavy (non-hydrogen) atoms. The lowest BCUT2D eigenvalue weighted by molar-refractivity contribution is 0.478. The van der Waals surface area contributed by atoms with Gasteiger partial charge in [-0.25, -0.2) is 8.78 Å². The van der Waals surface area contributed by atoms with Crippen molar-refractivity contribution < 1.29 is 8.78 Å². The molecule has 3 rings (SSSR count). The van der Waals surface area contributed by atoms with Crippen molar-refractivity contribution in [2.45, 2.75) is 24.8 Å². The summed E-state index contributed by atoms with van der Waals surface area (Å²) in [4.78, 5) is 0. The minimum absolute atomic E-state index is 0.268. The SMILES string of the molecule is NC(CC1Cc2ccccc21)c1cc(F)ccc1F. The van der Waals surface area contributed by atoms with Crippen LogP contribution in [-0.2, 0) is 6.42 Å². The molecule has 2 aromatic rings. The molecule has 0 bridgehead atoms. The van der Waals surface area contributed by atoms with E-state index in [4.69, 9.17) is 5.73 Å². The first-order valence-electron chi connectivity index (χ1n) is 6.43. The van der Waals surface area contributed by atoms with Gasteiger partial charge in [0.15, 0.2) is 0 Å². The van der Waals surface area contributed by atoms with Crippen molar-refractivity contribution in [3.8, 4) is 0 Å². The Balaban J connectivity index is 1.76. The van der Waals surface area contributed by atoms with E-state index in [1.54, 1.807) is 0 Å². The molecule has 0 heterocycles. The normalized spacial score (nSPS) is 18.6. The number of nitrogens with two attached hydrogens (primary N) is 1. The fourth-order valence-electron chi connectivity index (χ4n) is 2.81. The van der Waals surface area contributed by atoms with Gasteiger partial charge in [-0.2, -0.15) is 0 Å². The molecule has 1 aliphatic carbocycles. The number of hydrogen-bond acceptors (Lipinski definition) is 1. The van der Waals surface area contributed by atoms with E-state index in [0.29, 0.717) is 12.3 Å². The summed E-state index contributed by atoms with van der Waals surface area (Å²) < 4.78 is 26.8. The minimum Gasteiger partial charge on any atom is -0.324 e. The molecule has 2 unspecified atom stereocenters. The lowest BCUT2D eigenvalue weighted by Gasteiger charge is -2.32. The summed E-state index contributed by atoms with van der Waals surface area (Å²) in [5, 5.41) is 0. The third kappa shape index (κ3) is 2.26. The molecule has 2 atom stereocenters. The van der Waals surface area contributed by atoms with Crippen molar-refractivity contribution in [2.75, 3.05) is 0 Å². The first kappa shape index (κ1) is 12.3. The van der Waals surface area contributed by atoms with Crippen LogP contribution in [0, 0.1) is 11.6 Å². The van der Waals surface area contributed by atoms with Crippen LogP contribution in [0.1, 0.15) is 35.1 Å². The van der Waals surface area contributed by atoms with Crippen LogP contribution in [0.15, 0.2) is 42.5 Å². The van der Waals surface area contributed by atoms with Crippen LogP contribution in [0.5, 0.6) is 0 Å². The maximum absolute atomic E-state index is 13.6. The van der Waals surface area contributed by atoms with Crippen LogP contribution in [0.3, 0.4) is 0 Å². The number of fused-ring (bicyclic) bond motifs is 1. The predicted octanol–water partition coefficient (Wildman–Crippen LogP) is 3.69. The van der Waals surface area contributed by atoms with Gasteiger partial charge >= 0.3 is 0 Å². The average molecular weight is 259 g/mol. The molecule has 0 radical (unpaired) electrons. The standard InChI is InChI=1S/C16H15F2N/c17-12-5-6-15(18)14(9-12)16(19)8-11-7-10-3-1-2-4-13(10)11/h1-6,9,11,16H,7-8,19H2. The van der Waals surface area contributed by atoms with Gasteiger partial charge in [0.25, 0.3) is 0 Å². The van der Waals surface area contributed by atoms with Crippen LogP contribution in [0.2, 0.25) is 0 Å². The van der Waals surface area contributed by atoms with Crippen molar-refractivity contribution in [1.29, 1.82) is 0 Å². The second-order valence-electron chi connectivity index (χ2n) is 5.11. The van der Waals surface area contributed by atoms with Gasteiger partial charge in [-0.05, 0) is 48.1 Å². The zero-order valence-corrected chi connectivity index (χ0v) is 10.4. The zero-order chi connectivity index (χ0) is 13.4. The van der Waals surface area contributed by atoms with Crippen molar-refractivity contribution in [3.63, 3.8) is 0 Å². The summed E-state index contributed by atoms with van der Waals surface area (Å²) in [5.41, 5.74) is 8.91. The molecule has 98 valence electrons. The molecule has 0 amide bonds. The Morgan fingerprint density at radius 1 is 1.16 bits per heavy atom. The van der Waals surface area contributed by atoms with Crippen LogP contribution in [0.4, 0.5) is 8.78 Å². The van der Waals surface area contributed by atoms with Gasteiger partial charge in [0.2, 0.25) is 0 Å². The second-order valence-corrected chi connectivity index (χ2v) is 5.11. The van der Waals surface area contributed by atoms with Crippen molar-refractivity contribution in [1.82, 2.24) is 0 Å². The Morgan fingerprint density at radius 3 is 2.74 bits per heavy atom. The van der Waals surface area contributed by atoms with Crippen molar-refractivity contribution in [2.24, 2.45) is 5.73 Å². The second kappa shape index (κ2) is 4.74. The number of rotatable bonds is 3. The quantitative estimate of drug-likeness (QED) is 0.893. The lowest BCUT2D eigenvalue weighted by atomic mass is 9.74. The summed E-state index contributed by atoms with van der Waals surface area (Å²) in [6, 6.07) is 11.2. The van der Waals surface area contributed by atoms with E-state index in [9.17, 15) is 8.78 Å². The van der Waals surface area contributed by atoms with Gasteiger partial charge in [-0.3, -0.25) is 0 Å². The van der Waals surface area contributed by atoms with Gasteiger partial charge in [0.1, 0.15) is 11.6 Å². The fraction of sp³-hybridized carbons (Fsp3) is 0.250. The van der Waals surface area contributed by atoms with Crippen molar-refractivity contribution in [3.05, 3.63) is 70.8 Å². The van der Waals surface area contributed by atoms with Gasteiger partial charge in [0.05, 0.1) is 0 Å². The number of halogens is 2. The third-order valence-electron chi connectivity index (χ3n) is 3.86. The molecule has 1 nitrogen and oxygen atoms in total. The molecular weight excluding hydrogens is 244 g/mol. The van der Waals surface area contributed by atoms with Crippen molar-refractivity contribution >= 4 is 0 Å². The van der Waals surface area contributed by atoms with E-state index in [1.165, 1.54) is 17.2 Å². The van der Waals surface area contributed by atoms with Gasteiger partial charge in [-0.1, -0.05) is 24.3 Å². The monoisotopic (exact) mass is 259 g/mol. The van der Waals surface area contributed by atoms with E-state index in [0.717, 1.165) is 18.6 Å². The molecule has 3 heteroatoms. The van der Waals surface area contributed by atoms with E-state index in [-0.39, 0.29) is 5.56 Å². The smallest absolute Gasteiger partial charge is 0.128 e. The molecule has 0 spiro atoms. The first-order valence-corrected chi connectivity index (χ1v) is 6.43. The molecular formula is C16H15F2N. The lowest BCUT2D eigenvalue weighted by Crippen LogP contribution is -2.23. The highest BCUT2D eigenvalue weighted by molar-refractivity contribution is 5.40. The Kier molecular flexibility index (Phi) is 3.07. The van der Waals surface area contributed by atoms with Crippen LogP contribution in [-0.4, -0.2) is 0 Å². The summed E-state index contributed by atoms with van der Waals surface area (Å²) in [6.45, 7) is 0. The first-order chi connectivity index (χ1) is 9.15. The summed E-state index contributed by atoms with van der Waals surface area (Å²) in [5.74, 6) is -0.517. The fourth-order valence-corrected chi connectivity index (χ4v) is 2.81. The largest absolute Gasteiger partial charge is 0.324 e. The van der Waals surface area contributed by atoms with Crippen LogP contribution in [0.25, 0.3) is 0 Å². The topological polar surface area (TPSA) is 26.0 Å². The van der Waals surface area contributed by atoms with E-state index < -0.39 is 17.7 Å².